The minimum atomic E-state index is -4.47. The average Bonchev–Trinajstić information content (AvgIpc) is 3.29. The summed E-state index contributed by atoms with van der Waals surface area (Å²) in [7, 11) is 0. The van der Waals surface area contributed by atoms with E-state index >= 15 is 0 Å². The van der Waals surface area contributed by atoms with E-state index in [0.29, 0.717) is 11.5 Å². The van der Waals surface area contributed by atoms with Gasteiger partial charge in [0, 0.05) is 30.8 Å². The summed E-state index contributed by atoms with van der Waals surface area (Å²) in [6.45, 7) is 0.182. The Morgan fingerprint density at radius 2 is 2.00 bits per heavy atom. The second kappa shape index (κ2) is 6.49. The van der Waals surface area contributed by atoms with Gasteiger partial charge in [0.1, 0.15) is 5.69 Å². The van der Waals surface area contributed by atoms with Gasteiger partial charge in [0.25, 0.3) is 5.89 Å². The summed E-state index contributed by atoms with van der Waals surface area (Å²) in [6, 6.07) is 9.95. The molecule has 27 heavy (non-hydrogen) atoms. The molecule has 3 aromatic rings. The van der Waals surface area contributed by atoms with E-state index in [1.807, 2.05) is 0 Å². The molecule has 1 aromatic carbocycles. The molecule has 0 bridgehead atoms. The number of anilines is 1. The van der Waals surface area contributed by atoms with E-state index in [1.165, 1.54) is 17.0 Å². The number of amides is 1. The van der Waals surface area contributed by atoms with Crippen LogP contribution in [0.3, 0.4) is 0 Å². The Morgan fingerprint density at radius 1 is 1.15 bits per heavy atom. The van der Waals surface area contributed by atoms with Gasteiger partial charge in [-0.3, -0.25) is 9.78 Å². The fourth-order valence-corrected chi connectivity index (χ4v) is 2.97. The van der Waals surface area contributed by atoms with Gasteiger partial charge in [0.05, 0.1) is 5.56 Å². The standard InChI is InChI=1S/C18H13F3N4O2/c19-18(20,21)12-4-3-5-13(9-12)25-10-11(8-15(25)26)16-23-17(27-24-16)14-6-1-2-7-22-14/h1-7,9,11H,8,10H2. The van der Waals surface area contributed by atoms with Crippen LogP contribution in [0.1, 0.15) is 23.7 Å². The van der Waals surface area contributed by atoms with Gasteiger partial charge in [-0.25, -0.2) is 0 Å². The van der Waals surface area contributed by atoms with E-state index in [0.717, 1.165) is 12.1 Å². The Labute approximate surface area is 151 Å². The SMILES string of the molecule is O=C1CC(c2noc(-c3ccccn3)n2)CN1c1cccc(C(F)(F)F)c1. The molecule has 1 saturated heterocycles. The van der Waals surface area contributed by atoms with Crippen LogP contribution in [0.4, 0.5) is 18.9 Å². The zero-order valence-electron chi connectivity index (χ0n) is 13.8. The molecule has 4 rings (SSSR count). The van der Waals surface area contributed by atoms with Crippen molar-refractivity contribution in [1.82, 2.24) is 15.1 Å². The molecule has 3 heterocycles. The normalized spacial score (nSPS) is 17.5. The maximum atomic E-state index is 12.9. The highest BCUT2D eigenvalue weighted by atomic mass is 19.4. The molecule has 0 spiro atoms. The Balaban J connectivity index is 1.56. The molecule has 1 aliphatic heterocycles. The van der Waals surface area contributed by atoms with Crippen molar-refractivity contribution in [2.45, 2.75) is 18.5 Å². The summed E-state index contributed by atoms with van der Waals surface area (Å²) in [5.74, 6) is -0.0918. The third kappa shape index (κ3) is 3.40. The van der Waals surface area contributed by atoms with Gasteiger partial charge in [0.2, 0.25) is 5.91 Å². The van der Waals surface area contributed by atoms with E-state index < -0.39 is 11.7 Å². The van der Waals surface area contributed by atoms with Crippen molar-refractivity contribution in [1.29, 1.82) is 0 Å². The molecule has 1 fully saturated rings. The second-order valence-corrected chi connectivity index (χ2v) is 6.13. The Morgan fingerprint density at radius 3 is 2.74 bits per heavy atom. The summed E-state index contributed by atoms with van der Waals surface area (Å²) < 4.78 is 43.9. The number of aromatic nitrogens is 3. The van der Waals surface area contributed by atoms with E-state index in [2.05, 4.69) is 15.1 Å². The van der Waals surface area contributed by atoms with E-state index in [1.54, 1.807) is 24.4 Å². The Hall–Kier alpha value is -3.23. The zero-order chi connectivity index (χ0) is 19.0. The number of benzene rings is 1. The number of halogens is 3. The van der Waals surface area contributed by atoms with Crippen LogP contribution in [0.15, 0.2) is 53.2 Å². The lowest BCUT2D eigenvalue weighted by Crippen LogP contribution is -2.24. The Bertz CT molecular complexity index is 972. The van der Waals surface area contributed by atoms with Crippen LogP contribution in [-0.2, 0) is 11.0 Å². The first-order valence-electron chi connectivity index (χ1n) is 8.14. The number of hydrogen-bond donors (Lipinski definition) is 0. The molecule has 9 heteroatoms. The average molecular weight is 374 g/mol. The van der Waals surface area contributed by atoms with Crippen molar-refractivity contribution in [3.05, 3.63) is 60.0 Å². The van der Waals surface area contributed by atoms with Crippen LogP contribution in [-0.4, -0.2) is 27.6 Å². The van der Waals surface area contributed by atoms with Gasteiger partial charge in [-0.2, -0.15) is 18.2 Å². The molecule has 1 unspecified atom stereocenters. The quantitative estimate of drug-likeness (QED) is 0.699. The topological polar surface area (TPSA) is 72.1 Å². The number of rotatable bonds is 3. The predicted molar refractivity (Wildman–Crippen MR) is 88.7 cm³/mol. The fourth-order valence-electron chi connectivity index (χ4n) is 2.97. The van der Waals surface area contributed by atoms with Gasteiger partial charge < -0.3 is 9.42 Å². The molecule has 0 radical (unpaired) electrons. The van der Waals surface area contributed by atoms with E-state index in [-0.39, 0.29) is 36.4 Å². The molecule has 2 aromatic heterocycles. The van der Waals surface area contributed by atoms with Gasteiger partial charge in [-0.05, 0) is 30.3 Å². The third-order valence-corrected chi connectivity index (χ3v) is 4.30. The number of pyridine rings is 1. The molecule has 1 atom stereocenters. The molecular formula is C18H13F3N4O2. The lowest BCUT2D eigenvalue weighted by atomic mass is 10.1. The number of alkyl halides is 3. The van der Waals surface area contributed by atoms with Crippen molar-refractivity contribution in [3.63, 3.8) is 0 Å². The van der Waals surface area contributed by atoms with Crippen LogP contribution < -0.4 is 4.90 Å². The molecule has 6 nitrogen and oxygen atoms in total. The van der Waals surface area contributed by atoms with Crippen LogP contribution in [0.5, 0.6) is 0 Å². The Kier molecular flexibility index (Phi) is 4.14. The monoisotopic (exact) mass is 374 g/mol. The predicted octanol–water partition coefficient (Wildman–Crippen LogP) is 3.67. The largest absolute Gasteiger partial charge is 0.416 e. The summed E-state index contributed by atoms with van der Waals surface area (Å²) in [4.78, 5) is 22.1. The minimum Gasteiger partial charge on any atom is -0.332 e. The van der Waals surface area contributed by atoms with Crippen LogP contribution >= 0.6 is 0 Å². The maximum absolute atomic E-state index is 12.9. The fraction of sp³-hybridized carbons (Fsp3) is 0.222. The summed E-state index contributed by atoms with van der Waals surface area (Å²) >= 11 is 0. The molecule has 1 aliphatic rings. The first-order valence-corrected chi connectivity index (χ1v) is 8.14. The molecule has 1 amide bonds. The minimum absolute atomic E-state index is 0.0947. The van der Waals surface area contributed by atoms with Crippen LogP contribution in [0, 0.1) is 0 Å². The molecule has 138 valence electrons. The van der Waals surface area contributed by atoms with E-state index in [4.69, 9.17) is 4.52 Å². The highest BCUT2D eigenvalue weighted by Gasteiger charge is 2.36. The lowest BCUT2D eigenvalue weighted by Gasteiger charge is -2.18. The number of carbonyl (C=O) groups is 1. The second-order valence-electron chi connectivity index (χ2n) is 6.13. The highest BCUT2D eigenvalue weighted by molar-refractivity contribution is 5.96. The zero-order valence-corrected chi connectivity index (χ0v) is 13.8. The van der Waals surface area contributed by atoms with Crippen molar-refractivity contribution in [2.75, 3.05) is 11.4 Å². The molecule has 0 N–H and O–H groups in total. The molecule has 0 aliphatic carbocycles. The highest BCUT2D eigenvalue weighted by Crippen LogP contribution is 2.35. The maximum Gasteiger partial charge on any atom is 0.416 e. The summed E-state index contributed by atoms with van der Waals surface area (Å²) in [5.41, 5.74) is -0.0886. The first kappa shape index (κ1) is 17.2. The van der Waals surface area contributed by atoms with Gasteiger partial charge in [-0.15, -0.1) is 0 Å². The van der Waals surface area contributed by atoms with Crippen molar-refractivity contribution >= 4 is 11.6 Å². The van der Waals surface area contributed by atoms with Crippen molar-refractivity contribution in [2.24, 2.45) is 0 Å². The first-order chi connectivity index (χ1) is 12.9. The third-order valence-electron chi connectivity index (χ3n) is 4.30. The molecular weight excluding hydrogens is 361 g/mol. The summed E-state index contributed by atoms with van der Waals surface area (Å²) in [5, 5.41) is 3.91. The van der Waals surface area contributed by atoms with Crippen molar-refractivity contribution in [3.8, 4) is 11.6 Å². The van der Waals surface area contributed by atoms with Crippen LogP contribution in [0.25, 0.3) is 11.6 Å². The number of hydrogen-bond acceptors (Lipinski definition) is 5. The van der Waals surface area contributed by atoms with Gasteiger partial charge in [-0.1, -0.05) is 17.3 Å². The van der Waals surface area contributed by atoms with E-state index in [9.17, 15) is 18.0 Å². The number of carbonyl (C=O) groups excluding carboxylic acids is 1. The van der Waals surface area contributed by atoms with Crippen LogP contribution in [0.2, 0.25) is 0 Å². The summed E-state index contributed by atoms with van der Waals surface area (Å²) in [6.07, 6.45) is -2.78. The van der Waals surface area contributed by atoms with Gasteiger partial charge in [0.15, 0.2) is 5.82 Å². The lowest BCUT2D eigenvalue weighted by molar-refractivity contribution is -0.137. The smallest absolute Gasteiger partial charge is 0.332 e. The van der Waals surface area contributed by atoms with Crippen molar-refractivity contribution < 1.29 is 22.5 Å². The molecule has 0 saturated carbocycles. The number of nitrogens with zero attached hydrogens (tertiary/aromatic N) is 4. The van der Waals surface area contributed by atoms with Gasteiger partial charge >= 0.3 is 6.18 Å².